The van der Waals surface area contributed by atoms with Crippen molar-refractivity contribution < 1.29 is 4.79 Å². The number of hydrogen-bond donors (Lipinski definition) is 1. The molecule has 0 rings (SSSR count). The zero-order valence-corrected chi connectivity index (χ0v) is 10.6. The molecule has 0 aromatic carbocycles. The third-order valence-corrected chi connectivity index (χ3v) is 2.67. The van der Waals surface area contributed by atoms with Gasteiger partial charge in [-0.3, -0.25) is 9.69 Å². The van der Waals surface area contributed by atoms with E-state index in [0.29, 0.717) is 13.0 Å². The van der Waals surface area contributed by atoms with E-state index >= 15 is 0 Å². The van der Waals surface area contributed by atoms with Gasteiger partial charge in [-0.05, 0) is 19.9 Å². The van der Waals surface area contributed by atoms with Gasteiger partial charge in [0.1, 0.15) is 0 Å². The van der Waals surface area contributed by atoms with Crippen LogP contribution in [-0.4, -0.2) is 36.5 Å². The first-order chi connectivity index (χ1) is 7.67. The van der Waals surface area contributed by atoms with E-state index < -0.39 is 0 Å². The van der Waals surface area contributed by atoms with Crippen LogP contribution in [0.5, 0.6) is 0 Å². The molecule has 1 atom stereocenters. The average Bonchev–Trinajstić information content (AvgIpc) is 2.30. The predicted molar refractivity (Wildman–Crippen MR) is 64.9 cm³/mol. The highest BCUT2D eigenvalue weighted by atomic mass is 16.2. The van der Waals surface area contributed by atoms with Crippen molar-refractivity contribution in [3.05, 3.63) is 0 Å². The van der Waals surface area contributed by atoms with E-state index in [-0.39, 0.29) is 11.9 Å². The zero-order chi connectivity index (χ0) is 12.4. The molecule has 0 aromatic heterocycles. The molecule has 0 aliphatic heterocycles. The lowest BCUT2D eigenvalue weighted by molar-refractivity contribution is -0.125. The molecule has 0 bridgehead atoms. The minimum atomic E-state index is -0.143. The van der Waals surface area contributed by atoms with Crippen LogP contribution in [0.15, 0.2) is 0 Å². The van der Waals surface area contributed by atoms with Crippen molar-refractivity contribution in [3.63, 3.8) is 0 Å². The lowest BCUT2D eigenvalue weighted by Crippen LogP contribution is -2.45. The Morgan fingerprint density at radius 2 is 2.19 bits per heavy atom. The summed E-state index contributed by atoms with van der Waals surface area (Å²) in [5.41, 5.74) is 0. The minimum Gasteiger partial charge on any atom is -0.355 e. The van der Waals surface area contributed by atoms with Gasteiger partial charge in [0.2, 0.25) is 5.91 Å². The Kier molecular flexibility index (Phi) is 8.55. The number of nitrogens with zero attached hydrogens (tertiary/aromatic N) is 2. The number of unbranched alkanes of at least 4 members (excludes halogenated alkanes) is 1. The molecule has 0 radical (unpaired) electrons. The fourth-order valence-electron chi connectivity index (χ4n) is 1.52. The SMILES string of the molecule is CCCCNC(=O)C(C)N(CC)CCC#N. The molecule has 1 amide bonds. The number of carbonyl (C=O) groups excluding carboxylic acids is 1. The van der Waals surface area contributed by atoms with Gasteiger partial charge in [0.25, 0.3) is 0 Å². The van der Waals surface area contributed by atoms with Crippen LogP contribution >= 0.6 is 0 Å². The first-order valence-corrected chi connectivity index (χ1v) is 6.06. The van der Waals surface area contributed by atoms with Gasteiger partial charge in [0.15, 0.2) is 0 Å². The van der Waals surface area contributed by atoms with Gasteiger partial charge in [-0.2, -0.15) is 5.26 Å². The molecule has 0 heterocycles. The van der Waals surface area contributed by atoms with Crippen molar-refractivity contribution >= 4 is 5.91 Å². The first-order valence-electron chi connectivity index (χ1n) is 6.06. The fourth-order valence-corrected chi connectivity index (χ4v) is 1.52. The fraction of sp³-hybridized carbons (Fsp3) is 0.833. The number of hydrogen-bond acceptors (Lipinski definition) is 3. The lowest BCUT2D eigenvalue weighted by atomic mass is 10.2. The second kappa shape index (κ2) is 9.17. The van der Waals surface area contributed by atoms with Crippen LogP contribution < -0.4 is 5.32 Å². The maximum atomic E-state index is 11.7. The quantitative estimate of drug-likeness (QED) is 0.637. The lowest BCUT2D eigenvalue weighted by Gasteiger charge is -2.25. The summed E-state index contributed by atoms with van der Waals surface area (Å²) >= 11 is 0. The van der Waals surface area contributed by atoms with E-state index in [1.165, 1.54) is 0 Å². The monoisotopic (exact) mass is 225 g/mol. The summed E-state index contributed by atoms with van der Waals surface area (Å²) in [6.45, 7) is 8.20. The summed E-state index contributed by atoms with van der Waals surface area (Å²) < 4.78 is 0. The molecule has 1 N–H and O–H groups in total. The van der Waals surface area contributed by atoms with Crippen LogP contribution in [0.1, 0.15) is 40.0 Å². The smallest absolute Gasteiger partial charge is 0.237 e. The Labute approximate surface area is 98.6 Å². The molecule has 0 saturated heterocycles. The third-order valence-electron chi connectivity index (χ3n) is 2.67. The Hall–Kier alpha value is -1.08. The molecule has 0 spiro atoms. The normalized spacial score (nSPS) is 12.2. The largest absolute Gasteiger partial charge is 0.355 e. The van der Waals surface area contributed by atoms with Gasteiger partial charge >= 0.3 is 0 Å². The highest BCUT2D eigenvalue weighted by molar-refractivity contribution is 5.81. The molecule has 0 saturated carbocycles. The Morgan fingerprint density at radius 3 is 2.69 bits per heavy atom. The number of rotatable bonds is 8. The van der Waals surface area contributed by atoms with E-state index in [1.54, 1.807) is 0 Å². The second-order valence-corrected chi connectivity index (χ2v) is 3.86. The van der Waals surface area contributed by atoms with Gasteiger partial charge in [-0.25, -0.2) is 0 Å². The van der Waals surface area contributed by atoms with E-state index in [4.69, 9.17) is 5.26 Å². The van der Waals surface area contributed by atoms with Crippen molar-refractivity contribution in [2.75, 3.05) is 19.6 Å². The Morgan fingerprint density at radius 1 is 1.50 bits per heavy atom. The highest BCUT2D eigenvalue weighted by Gasteiger charge is 2.18. The third kappa shape index (κ3) is 5.72. The molecule has 0 aliphatic carbocycles. The van der Waals surface area contributed by atoms with Crippen LogP contribution in [-0.2, 0) is 4.79 Å². The molecule has 16 heavy (non-hydrogen) atoms. The molecule has 4 nitrogen and oxygen atoms in total. The van der Waals surface area contributed by atoms with Gasteiger partial charge in [-0.1, -0.05) is 20.3 Å². The standard InChI is InChI=1S/C12H23N3O/c1-4-6-9-14-12(16)11(3)15(5-2)10-7-8-13/h11H,4-7,9-10H2,1-3H3,(H,14,16). The van der Waals surface area contributed by atoms with Gasteiger partial charge in [0.05, 0.1) is 12.1 Å². The Balaban J connectivity index is 4.01. The van der Waals surface area contributed by atoms with Crippen LogP contribution in [0.3, 0.4) is 0 Å². The summed E-state index contributed by atoms with van der Waals surface area (Å²) in [4.78, 5) is 13.8. The molecule has 0 fully saturated rings. The summed E-state index contributed by atoms with van der Waals surface area (Å²) in [6.07, 6.45) is 2.57. The summed E-state index contributed by atoms with van der Waals surface area (Å²) in [5.74, 6) is 0.0632. The zero-order valence-electron chi connectivity index (χ0n) is 10.6. The van der Waals surface area contributed by atoms with Crippen LogP contribution in [0, 0.1) is 11.3 Å². The van der Waals surface area contributed by atoms with Crippen molar-refractivity contribution in [3.8, 4) is 6.07 Å². The van der Waals surface area contributed by atoms with E-state index in [2.05, 4.69) is 18.3 Å². The average molecular weight is 225 g/mol. The first kappa shape index (κ1) is 14.9. The summed E-state index contributed by atoms with van der Waals surface area (Å²) in [7, 11) is 0. The topological polar surface area (TPSA) is 56.1 Å². The molecule has 92 valence electrons. The second-order valence-electron chi connectivity index (χ2n) is 3.86. The number of carbonyl (C=O) groups is 1. The van der Waals surface area contributed by atoms with E-state index in [0.717, 1.165) is 25.9 Å². The molecular weight excluding hydrogens is 202 g/mol. The maximum absolute atomic E-state index is 11.7. The maximum Gasteiger partial charge on any atom is 0.237 e. The number of amides is 1. The summed E-state index contributed by atoms with van der Waals surface area (Å²) in [6, 6.07) is 1.96. The van der Waals surface area contributed by atoms with E-state index in [9.17, 15) is 4.79 Å². The molecule has 4 heteroatoms. The van der Waals surface area contributed by atoms with Crippen LogP contribution in [0.4, 0.5) is 0 Å². The van der Waals surface area contributed by atoms with Crippen molar-refractivity contribution in [2.45, 2.75) is 46.1 Å². The van der Waals surface area contributed by atoms with Gasteiger partial charge in [0, 0.05) is 19.5 Å². The van der Waals surface area contributed by atoms with Crippen LogP contribution in [0.25, 0.3) is 0 Å². The highest BCUT2D eigenvalue weighted by Crippen LogP contribution is 2.00. The number of nitrogens with one attached hydrogen (secondary N) is 1. The minimum absolute atomic E-state index is 0.0632. The predicted octanol–water partition coefficient (Wildman–Crippen LogP) is 1.53. The molecular formula is C12H23N3O. The number of nitriles is 1. The van der Waals surface area contributed by atoms with Crippen molar-refractivity contribution in [2.24, 2.45) is 0 Å². The van der Waals surface area contributed by atoms with E-state index in [1.807, 2.05) is 18.7 Å². The van der Waals surface area contributed by atoms with Crippen molar-refractivity contribution in [1.29, 1.82) is 5.26 Å². The summed E-state index contributed by atoms with van der Waals surface area (Å²) in [5, 5.41) is 11.4. The molecule has 0 aliphatic rings. The van der Waals surface area contributed by atoms with Gasteiger partial charge < -0.3 is 5.32 Å². The van der Waals surface area contributed by atoms with Crippen LogP contribution in [0.2, 0.25) is 0 Å². The molecule has 0 aromatic rings. The van der Waals surface area contributed by atoms with Gasteiger partial charge in [-0.15, -0.1) is 0 Å². The molecule has 1 unspecified atom stereocenters. The van der Waals surface area contributed by atoms with Crippen molar-refractivity contribution in [1.82, 2.24) is 10.2 Å². The number of likely N-dealkylation sites (N-methyl/N-ethyl adjacent to an activating group) is 1. The Bertz CT molecular complexity index is 235.